The number of nitrogens with zero attached hydrogens (tertiary/aromatic N) is 4. The summed E-state index contributed by atoms with van der Waals surface area (Å²) in [4.78, 5) is 16.9. The number of benzene rings is 1. The predicted octanol–water partition coefficient (Wildman–Crippen LogP) is 1.71. The van der Waals surface area contributed by atoms with Gasteiger partial charge in [0, 0.05) is 16.2 Å². The Hall–Kier alpha value is -2.57. The minimum absolute atomic E-state index is 0.158. The van der Waals surface area contributed by atoms with Crippen LogP contribution in [0.1, 0.15) is 21.5 Å². The zero-order valence-electron chi connectivity index (χ0n) is 9.51. The summed E-state index contributed by atoms with van der Waals surface area (Å²) in [5.74, 6) is -0.232. The molecule has 0 fully saturated rings. The highest BCUT2D eigenvalue weighted by atomic mass is 16.1. The Bertz CT molecular complexity index is 672. The molecule has 0 amide bonds. The van der Waals surface area contributed by atoms with Gasteiger partial charge < -0.3 is 0 Å². The number of rotatable bonds is 1. The maximum atomic E-state index is 12.1. The summed E-state index contributed by atoms with van der Waals surface area (Å²) < 4.78 is 0. The molecule has 1 unspecified atom stereocenters. The fourth-order valence-electron chi connectivity index (χ4n) is 2.05. The summed E-state index contributed by atoms with van der Waals surface area (Å²) >= 11 is 0. The van der Waals surface area contributed by atoms with Gasteiger partial charge in [-0.3, -0.25) is 4.79 Å². The summed E-state index contributed by atoms with van der Waals surface area (Å²) in [5, 5.41) is 7.04. The Kier molecular flexibility index (Phi) is 2.03. The molecule has 2 aliphatic rings. The van der Waals surface area contributed by atoms with Crippen molar-refractivity contribution in [3.63, 3.8) is 0 Å². The van der Waals surface area contributed by atoms with Gasteiger partial charge in [0.25, 0.3) is 0 Å². The van der Waals surface area contributed by atoms with E-state index >= 15 is 0 Å². The van der Waals surface area contributed by atoms with Crippen LogP contribution in [0, 0.1) is 18.0 Å². The van der Waals surface area contributed by atoms with Crippen LogP contribution in [-0.4, -0.2) is 28.3 Å². The van der Waals surface area contributed by atoms with E-state index in [0.29, 0.717) is 21.6 Å². The van der Waals surface area contributed by atoms with Gasteiger partial charge in [-0.05, 0) is 18.5 Å². The summed E-state index contributed by atoms with van der Waals surface area (Å²) in [6, 6.07) is 5.44. The zero-order valence-corrected chi connectivity index (χ0v) is 9.51. The van der Waals surface area contributed by atoms with Crippen molar-refractivity contribution in [1.82, 2.24) is 0 Å². The number of carbonyl (C=O) groups is 1. The van der Waals surface area contributed by atoms with E-state index in [4.69, 9.17) is 11.1 Å². The number of hydrazone groups is 1. The fourth-order valence-corrected chi connectivity index (χ4v) is 2.05. The second-order valence-electron chi connectivity index (χ2n) is 4.12. The number of ketones is 1. The van der Waals surface area contributed by atoms with Gasteiger partial charge in [-0.1, -0.05) is 22.8 Å². The second-order valence-corrected chi connectivity index (χ2v) is 4.12. The molecule has 0 saturated heterocycles. The van der Waals surface area contributed by atoms with Gasteiger partial charge in [0.15, 0.2) is 0 Å². The molecule has 1 aromatic rings. The molecule has 7 nitrogen and oxygen atoms in total. The second kappa shape index (κ2) is 3.46. The minimum atomic E-state index is -1.01. The number of nitrogens with one attached hydrogen (secondary N) is 2. The average molecular weight is 241 g/mol. The van der Waals surface area contributed by atoms with E-state index in [0.717, 1.165) is 5.56 Å². The molecule has 0 saturated carbocycles. The Morgan fingerprint density at radius 3 is 2.83 bits per heavy atom. The molecule has 1 atom stereocenters. The fraction of sp³-hybridized carbons (Fsp3) is 0.182. The number of carbonyl (C=O) groups excluding carboxylic acids is 1. The molecule has 1 aliphatic carbocycles. The first-order valence-electron chi connectivity index (χ1n) is 5.31. The molecule has 0 spiro atoms. The van der Waals surface area contributed by atoms with Crippen LogP contribution in [0.5, 0.6) is 0 Å². The molecule has 2 N–H and O–H groups in total. The SMILES string of the molecule is Cc1ccc2c(c1)C1=NC(N=N)[N+](=N)N=C1C2=O. The largest absolute Gasteiger partial charge is 0.418 e. The van der Waals surface area contributed by atoms with E-state index in [1.807, 2.05) is 19.1 Å². The van der Waals surface area contributed by atoms with E-state index < -0.39 is 6.29 Å². The van der Waals surface area contributed by atoms with Crippen LogP contribution in [0.3, 0.4) is 0 Å². The van der Waals surface area contributed by atoms with Gasteiger partial charge in [0.1, 0.15) is 5.71 Å². The van der Waals surface area contributed by atoms with Gasteiger partial charge >= 0.3 is 6.29 Å². The smallest absolute Gasteiger partial charge is 0.286 e. The summed E-state index contributed by atoms with van der Waals surface area (Å²) in [6.07, 6.45) is -1.01. The molecule has 7 heteroatoms. The van der Waals surface area contributed by atoms with Crippen LogP contribution >= 0.6 is 0 Å². The number of aryl methyl sites for hydroxylation is 1. The maximum Gasteiger partial charge on any atom is 0.418 e. The van der Waals surface area contributed by atoms with Crippen molar-refractivity contribution in [2.45, 2.75) is 13.2 Å². The Morgan fingerprint density at radius 2 is 2.11 bits per heavy atom. The Morgan fingerprint density at radius 1 is 1.33 bits per heavy atom. The zero-order chi connectivity index (χ0) is 12.9. The van der Waals surface area contributed by atoms with Crippen molar-refractivity contribution in [2.24, 2.45) is 15.2 Å². The van der Waals surface area contributed by atoms with Crippen molar-refractivity contribution in [3.8, 4) is 0 Å². The molecule has 1 heterocycles. The molecule has 88 valence electrons. The van der Waals surface area contributed by atoms with Crippen LogP contribution in [-0.2, 0) is 0 Å². The molecule has 18 heavy (non-hydrogen) atoms. The third-order valence-corrected chi connectivity index (χ3v) is 2.90. The van der Waals surface area contributed by atoms with Crippen LogP contribution < -0.4 is 0 Å². The first-order chi connectivity index (χ1) is 8.61. The highest BCUT2D eigenvalue weighted by Crippen LogP contribution is 2.25. The van der Waals surface area contributed by atoms with Gasteiger partial charge in [-0.2, -0.15) is 4.99 Å². The van der Waals surface area contributed by atoms with Crippen molar-refractivity contribution >= 4 is 17.2 Å². The standard InChI is InChI=1S/C11H9N6O/c1-5-2-3-6-7(4-5)8-9(10(6)18)16-17(13)11(14-8)15-12/h2-4,11-13H,1H3/q+1. The molecule has 0 aromatic heterocycles. The van der Waals surface area contributed by atoms with E-state index in [2.05, 4.69) is 15.2 Å². The molecule has 3 rings (SSSR count). The lowest BCUT2D eigenvalue weighted by molar-refractivity contribution is -0.653. The van der Waals surface area contributed by atoms with Gasteiger partial charge in [0.05, 0.1) is 4.81 Å². The normalized spacial score (nSPS) is 21.1. The van der Waals surface area contributed by atoms with Gasteiger partial charge in [0.2, 0.25) is 11.5 Å². The lowest BCUT2D eigenvalue weighted by Gasteiger charge is -2.05. The first kappa shape index (κ1) is 10.6. The van der Waals surface area contributed by atoms with Crippen LogP contribution in [0.25, 0.3) is 0 Å². The van der Waals surface area contributed by atoms with Crippen LogP contribution in [0.4, 0.5) is 0 Å². The molecular weight excluding hydrogens is 232 g/mol. The van der Waals surface area contributed by atoms with Crippen molar-refractivity contribution in [1.29, 1.82) is 11.1 Å². The first-order valence-corrected chi connectivity index (χ1v) is 5.31. The lowest BCUT2D eigenvalue weighted by Crippen LogP contribution is -2.29. The van der Waals surface area contributed by atoms with Crippen LogP contribution in [0.2, 0.25) is 0 Å². The Balaban J connectivity index is 2.26. The van der Waals surface area contributed by atoms with Gasteiger partial charge in [-0.15, -0.1) is 0 Å². The topological polar surface area (TPSA) is 105 Å². The number of hydrogen-bond acceptors (Lipinski definition) is 5. The van der Waals surface area contributed by atoms with Gasteiger partial charge in [-0.25, -0.2) is 5.53 Å². The Labute approximate surface area is 102 Å². The number of fused-ring (bicyclic) bond motifs is 3. The third kappa shape index (κ3) is 1.27. The maximum absolute atomic E-state index is 12.1. The number of aliphatic imine (C=N–C) groups is 1. The van der Waals surface area contributed by atoms with E-state index in [1.165, 1.54) is 0 Å². The summed E-state index contributed by atoms with van der Waals surface area (Å²) in [7, 11) is 0. The molecule has 0 bridgehead atoms. The third-order valence-electron chi connectivity index (χ3n) is 2.90. The van der Waals surface area contributed by atoms with E-state index in [1.54, 1.807) is 6.07 Å². The highest BCUT2D eigenvalue weighted by molar-refractivity contribution is 6.78. The van der Waals surface area contributed by atoms with Crippen LogP contribution in [0.15, 0.2) is 33.4 Å². The monoisotopic (exact) mass is 241 g/mol. The highest BCUT2D eigenvalue weighted by Gasteiger charge is 2.41. The van der Waals surface area contributed by atoms with E-state index in [-0.39, 0.29) is 11.5 Å². The summed E-state index contributed by atoms with van der Waals surface area (Å²) in [5.41, 5.74) is 17.3. The molecular formula is C11H9N6O+. The van der Waals surface area contributed by atoms with Crippen molar-refractivity contribution < 1.29 is 9.60 Å². The van der Waals surface area contributed by atoms with Crippen molar-refractivity contribution in [3.05, 3.63) is 34.9 Å². The lowest BCUT2D eigenvalue weighted by atomic mass is 10.1. The quantitative estimate of drug-likeness (QED) is 0.567. The van der Waals surface area contributed by atoms with E-state index in [9.17, 15) is 4.79 Å². The summed E-state index contributed by atoms with van der Waals surface area (Å²) in [6.45, 7) is 1.92. The average Bonchev–Trinajstić information content (AvgIpc) is 2.61. The number of Topliss-reactive ketones (excluding diaryl/α,β-unsaturated/α-hetero) is 1. The molecule has 1 aliphatic heterocycles. The van der Waals surface area contributed by atoms with Crippen molar-refractivity contribution in [2.75, 3.05) is 0 Å². The predicted molar refractivity (Wildman–Crippen MR) is 61.4 cm³/mol. The molecule has 0 radical (unpaired) electrons. The number of hydrogen-bond donors (Lipinski definition) is 2. The molecule has 1 aromatic carbocycles. The minimum Gasteiger partial charge on any atom is -0.286 e.